The van der Waals surface area contributed by atoms with Crippen LogP contribution in [0.1, 0.15) is 5.56 Å². The van der Waals surface area contributed by atoms with Gasteiger partial charge in [0.15, 0.2) is 0 Å². The predicted molar refractivity (Wildman–Crippen MR) is 65.1 cm³/mol. The first-order valence-corrected chi connectivity index (χ1v) is 5.63. The number of nitrogens with zero attached hydrogens (tertiary/aromatic N) is 1. The van der Waals surface area contributed by atoms with Gasteiger partial charge in [0, 0.05) is 13.6 Å². The van der Waals surface area contributed by atoms with Crippen LogP contribution in [0.4, 0.5) is 0 Å². The number of alkyl halides is 1. The number of methoxy groups -OCH3 is 1. The van der Waals surface area contributed by atoms with Gasteiger partial charge in [-0.3, -0.25) is 4.79 Å². The Hall–Kier alpha value is -1.22. The molecule has 1 aromatic rings. The fraction of sp³-hybridized carbons (Fsp3) is 0.417. The number of benzene rings is 1. The summed E-state index contributed by atoms with van der Waals surface area (Å²) in [5.41, 5.74) is 1.15. The SMILES string of the molecule is COc1cccc(CCN(C)C(=O)CCl)c1. The van der Waals surface area contributed by atoms with Gasteiger partial charge in [-0.15, -0.1) is 11.6 Å². The van der Waals surface area contributed by atoms with E-state index in [0.717, 1.165) is 17.7 Å². The Kier molecular flexibility index (Phi) is 5.12. The van der Waals surface area contributed by atoms with Crippen molar-refractivity contribution in [2.24, 2.45) is 0 Å². The fourth-order valence-corrected chi connectivity index (χ4v) is 1.56. The van der Waals surface area contributed by atoms with E-state index in [1.807, 2.05) is 24.3 Å². The molecule has 0 aliphatic carbocycles. The molecule has 88 valence electrons. The maximum atomic E-state index is 11.2. The Bertz CT molecular complexity index is 355. The highest BCUT2D eigenvalue weighted by atomic mass is 35.5. The van der Waals surface area contributed by atoms with E-state index >= 15 is 0 Å². The van der Waals surface area contributed by atoms with Crippen molar-refractivity contribution in [2.45, 2.75) is 6.42 Å². The first-order valence-electron chi connectivity index (χ1n) is 5.10. The number of carbonyl (C=O) groups is 1. The molecule has 0 saturated carbocycles. The largest absolute Gasteiger partial charge is 0.497 e. The summed E-state index contributed by atoms with van der Waals surface area (Å²) in [7, 11) is 3.40. The number of amides is 1. The minimum Gasteiger partial charge on any atom is -0.497 e. The van der Waals surface area contributed by atoms with Gasteiger partial charge < -0.3 is 9.64 Å². The van der Waals surface area contributed by atoms with E-state index in [9.17, 15) is 4.79 Å². The first kappa shape index (κ1) is 12.8. The lowest BCUT2D eigenvalue weighted by atomic mass is 10.1. The van der Waals surface area contributed by atoms with Crippen LogP contribution in [0.5, 0.6) is 5.75 Å². The van der Waals surface area contributed by atoms with Crippen LogP contribution in [-0.4, -0.2) is 37.4 Å². The van der Waals surface area contributed by atoms with Gasteiger partial charge in [-0.25, -0.2) is 0 Å². The second-order valence-corrected chi connectivity index (χ2v) is 3.82. The van der Waals surface area contributed by atoms with Gasteiger partial charge >= 0.3 is 0 Å². The summed E-state index contributed by atoms with van der Waals surface area (Å²) < 4.78 is 5.13. The summed E-state index contributed by atoms with van der Waals surface area (Å²) in [4.78, 5) is 12.9. The van der Waals surface area contributed by atoms with Gasteiger partial charge in [-0.05, 0) is 24.1 Å². The summed E-state index contributed by atoms with van der Waals surface area (Å²) >= 11 is 5.47. The van der Waals surface area contributed by atoms with Crippen molar-refractivity contribution < 1.29 is 9.53 Å². The number of likely N-dealkylation sites (N-methyl/N-ethyl adjacent to an activating group) is 1. The minimum absolute atomic E-state index is 0.0363. The molecule has 1 rings (SSSR count). The molecule has 0 unspecified atom stereocenters. The van der Waals surface area contributed by atoms with Crippen molar-refractivity contribution in [3.8, 4) is 5.75 Å². The van der Waals surface area contributed by atoms with Gasteiger partial charge in [-0.1, -0.05) is 12.1 Å². The number of hydrogen-bond acceptors (Lipinski definition) is 2. The quantitative estimate of drug-likeness (QED) is 0.738. The molecular weight excluding hydrogens is 226 g/mol. The van der Waals surface area contributed by atoms with E-state index in [1.54, 1.807) is 19.1 Å². The number of halogens is 1. The van der Waals surface area contributed by atoms with Gasteiger partial charge in [0.2, 0.25) is 5.91 Å². The molecule has 1 amide bonds. The Labute approximate surface area is 101 Å². The molecule has 0 aliphatic heterocycles. The van der Waals surface area contributed by atoms with Crippen LogP contribution in [-0.2, 0) is 11.2 Å². The second kappa shape index (κ2) is 6.38. The molecule has 4 heteroatoms. The Morgan fingerprint density at radius 2 is 2.25 bits per heavy atom. The average molecular weight is 242 g/mol. The van der Waals surface area contributed by atoms with Crippen LogP contribution in [0.25, 0.3) is 0 Å². The molecule has 0 spiro atoms. The summed E-state index contributed by atoms with van der Waals surface area (Å²) in [6, 6.07) is 7.83. The topological polar surface area (TPSA) is 29.5 Å². The van der Waals surface area contributed by atoms with Crippen LogP contribution in [0, 0.1) is 0 Å². The average Bonchev–Trinajstić information content (AvgIpc) is 2.35. The zero-order valence-electron chi connectivity index (χ0n) is 9.57. The molecule has 0 fully saturated rings. The van der Waals surface area contributed by atoms with E-state index in [0.29, 0.717) is 6.54 Å². The molecule has 1 aromatic carbocycles. The standard InChI is InChI=1S/C12H16ClNO2/c1-14(12(15)9-13)7-6-10-4-3-5-11(8-10)16-2/h3-5,8H,6-7,9H2,1-2H3. The third kappa shape index (κ3) is 3.74. The number of ether oxygens (including phenoxy) is 1. The smallest absolute Gasteiger partial charge is 0.237 e. The zero-order chi connectivity index (χ0) is 12.0. The summed E-state index contributed by atoms with van der Waals surface area (Å²) in [6.07, 6.45) is 0.802. The number of rotatable bonds is 5. The van der Waals surface area contributed by atoms with E-state index in [-0.39, 0.29) is 11.8 Å². The predicted octanol–water partition coefficient (Wildman–Crippen LogP) is 1.93. The molecule has 0 radical (unpaired) electrons. The zero-order valence-corrected chi connectivity index (χ0v) is 10.3. The molecule has 3 nitrogen and oxygen atoms in total. The molecular formula is C12H16ClNO2. The van der Waals surface area contributed by atoms with E-state index in [1.165, 1.54) is 0 Å². The van der Waals surface area contributed by atoms with Crippen LogP contribution in [0.2, 0.25) is 0 Å². The maximum absolute atomic E-state index is 11.2. The third-order valence-electron chi connectivity index (χ3n) is 2.41. The first-order chi connectivity index (χ1) is 7.67. The summed E-state index contributed by atoms with van der Waals surface area (Å²) in [5.74, 6) is 0.822. The van der Waals surface area contributed by atoms with Crippen molar-refractivity contribution in [1.82, 2.24) is 4.90 Å². The van der Waals surface area contributed by atoms with E-state index in [4.69, 9.17) is 16.3 Å². The molecule has 0 heterocycles. The molecule has 16 heavy (non-hydrogen) atoms. The highest BCUT2D eigenvalue weighted by Crippen LogP contribution is 2.13. The van der Waals surface area contributed by atoms with E-state index < -0.39 is 0 Å². The summed E-state index contributed by atoms with van der Waals surface area (Å²) in [5, 5.41) is 0. The van der Waals surface area contributed by atoms with Gasteiger partial charge in [0.05, 0.1) is 7.11 Å². The third-order valence-corrected chi connectivity index (χ3v) is 2.64. The monoisotopic (exact) mass is 241 g/mol. The number of hydrogen-bond donors (Lipinski definition) is 0. The van der Waals surface area contributed by atoms with Crippen LogP contribution in [0.15, 0.2) is 24.3 Å². The molecule has 0 saturated heterocycles. The normalized spacial score (nSPS) is 9.94. The Morgan fingerprint density at radius 1 is 1.50 bits per heavy atom. The highest BCUT2D eigenvalue weighted by Gasteiger charge is 2.06. The second-order valence-electron chi connectivity index (χ2n) is 3.55. The minimum atomic E-state index is -0.0513. The summed E-state index contributed by atoms with van der Waals surface area (Å²) in [6.45, 7) is 0.665. The van der Waals surface area contributed by atoms with Crippen molar-refractivity contribution in [3.63, 3.8) is 0 Å². The van der Waals surface area contributed by atoms with Crippen LogP contribution < -0.4 is 4.74 Å². The number of carbonyl (C=O) groups excluding carboxylic acids is 1. The lowest BCUT2D eigenvalue weighted by Gasteiger charge is -2.15. The van der Waals surface area contributed by atoms with E-state index in [2.05, 4.69) is 0 Å². The van der Waals surface area contributed by atoms with Crippen LogP contribution >= 0.6 is 11.6 Å². The van der Waals surface area contributed by atoms with Crippen molar-refractivity contribution in [3.05, 3.63) is 29.8 Å². The maximum Gasteiger partial charge on any atom is 0.237 e. The van der Waals surface area contributed by atoms with Gasteiger partial charge in [0.1, 0.15) is 11.6 Å². The lowest BCUT2D eigenvalue weighted by Crippen LogP contribution is -2.29. The highest BCUT2D eigenvalue weighted by molar-refractivity contribution is 6.27. The van der Waals surface area contributed by atoms with Gasteiger partial charge in [0.25, 0.3) is 0 Å². The lowest BCUT2D eigenvalue weighted by molar-refractivity contribution is -0.127. The van der Waals surface area contributed by atoms with Gasteiger partial charge in [-0.2, -0.15) is 0 Å². The van der Waals surface area contributed by atoms with Crippen LogP contribution in [0.3, 0.4) is 0 Å². The van der Waals surface area contributed by atoms with Crippen molar-refractivity contribution in [1.29, 1.82) is 0 Å². The molecule has 0 N–H and O–H groups in total. The van der Waals surface area contributed by atoms with Crippen molar-refractivity contribution in [2.75, 3.05) is 26.6 Å². The Morgan fingerprint density at radius 3 is 2.88 bits per heavy atom. The fourth-order valence-electron chi connectivity index (χ4n) is 1.35. The molecule has 0 atom stereocenters. The molecule has 0 aromatic heterocycles. The molecule has 0 aliphatic rings. The Balaban J connectivity index is 2.51. The molecule has 0 bridgehead atoms. The van der Waals surface area contributed by atoms with Crippen molar-refractivity contribution >= 4 is 17.5 Å².